The monoisotopic (exact) mass is 169 g/mol. The van der Waals surface area contributed by atoms with Crippen LogP contribution in [0.1, 0.15) is 19.3 Å². The molecule has 3 nitrogen and oxygen atoms in total. The van der Waals surface area contributed by atoms with E-state index >= 15 is 0 Å². The number of methoxy groups -OCH3 is 1. The number of carbonyl (C=O) groups is 1. The largest absolute Gasteiger partial charge is 0.469 e. The molecule has 68 valence electrons. The summed E-state index contributed by atoms with van der Waals surface area (Å²) in [6.07, 6.45) is 7.06. The van der Waals surface area contributed by atoms with Crippen LogP contribution in [0.5, 0.6) is 0 Å². The summed E-state index contributed by atoms with van der Waals surface area (Å²) in [5.41, 5.74) is 0. The number of ether oxygens (including phenoxy) is 1. The Morgan fingerprint density at radius 1 is 1.58 bits per heavy atom. The summed E-state index contributed by atoms with van der Waals surface area (Å²) in [7, 11) is 1.40. The van der Waals surface area contributed by atoms with Crippen LogP contribution in [0.25, 0.3) is 0 Å². The van der Waals surface area contributed by atoms with Crippen molar-refractivity contribution in [3.8, 4) is 12.3 Å². The van der Waals surface area contributed by atoms with Gasteiger partial charge in [-0.1, -0.05) is 0 Å². The maximum atomic E-state index is 10.6. The highest BCUT2D eigenvalue weighted by Gasteiger charge is 1.97. The molecule has 0 saturated carbocycles. The van der Waals surface area contributed by atoms with Gasteiger partial charge in [-0.15, -0.1) is 12.3 Å². The summed E-state index contributed by atoms with van der Waals surface area (Å²) in [5.74, 6) is 2.37. The van der Waals surface area contributed by atoms with E-state index in [1.54, 1.807) is 0 Å². The Labute approximate surface area is 73.5 Å². The molecule has 0 aliphatic rings. The predicted octanol–water partition coefficient (Wildman–Crippen LogP) is 0.552. The molecule has 0 atom stereocenters. The molecule has 0 radical (unpaired) electrons. The molecule has 0 rings (SSSR count). The maximum absolute atomic E-state index is 10.6. The summed E-state index contributed by atoms with van der Waals surface area (Å²) in [6, 6.07) is 0. The van der Waals surface area contributed by atoms with Crippen LogP contribution in [0.15, 0.2) is 0 Å². The van der Waals surface area contributed by atoms with Gasteiger partial charge in [-0.05, 0) is 13.0 Å². The number of hydrogen-bond acceptors (Lipinski definition) is 3. The van der Waals surface area contributed by atoms with Gasteiger partial charge in [0.15, 0.2) is 0 Å². The van der Waals surface area contributed by atoms with Crippen molar-refractivity contribution in [3.63, 3.8) is 0 Å². The van der Waals surface area contributed by atoms with Crippen molar-refractivity contribution in [2.24, 2.45) is 0 Å². The third-order valence-electron chi connectivity index (χ3n) is 1.41. The maximum Gasteiger partial charge on any atom is 0.305 e. The fourth-order valence-electron chi connectivity index (χ4n) is 0.745. The fraction of sp³-hybridized carbons (Fsp3) is 0.667. The van der Waals surface area contributed by atoms with Crippen molar-refractivity contribution in [1.82, 2.24) is 5.32 Å². The van der Waals surface area contributed by atoms with Crippen molar-refractivity contribution >= 4 is 5.97 Å². The lowest BCUT2D eigenvalue weighted by Crippen LogP contribution is -2.17. The van der Waals surface area contributed by atoms with Crippen LogP contribution in [0, 0.1) is 12.3 Å². The highest BCUT2D eigenvalue weighted by Crippen LogP contribution is 1.89. The molecule has 0 bridgehead atoms. The lowest BCUT2D eigenvalue weighted by molar-refractivity contribution is -0.140. The summed E-state index contributed by atoms with van der Waals surface area (Å²) >= 11 is 0. The van der Waals surface area contributed by atoms with E-state index < -0.39 is 0 Å². The van der Waals surface area contributed by atoms with Gasteiger partial charge in [-0.25, -0.2) is 0 Å². The van der Waals surface area contributed by atoms with Crippen molar-refractivity contribution in [1.29, 1.82) is 0 Å². The molecular formula is C9H15NO2. The van der Waals surface area contributed by atoms with E-state index in [2.05, 4.69) is 16.0 Å². The van der Waals surface area contributed by atoms with Crippen LogP contribution in [-0.2, 0) is 9.53 Å². The van der Waals surface area contributed by atoms with Crippen molar-refractivity contribution in [2.75, 3.05) is 20.2 Å². The summed E-state index contributed by atoms with van der Waals surface area (Å²) in [4.78, 5) is 10.6. The second-order valence-corrected chi connectivity index (χ2v) is 2.38. The fourth-order valence-corrected chi connectivity index (χ4v) is 0.745. The zero-order valence-corrected chi connectivity index (χ0v) is 7.43. The molecular weight excluding hydrogens is 154 g/mol. The van der Waals surface area contributed by atoms with E-state index in [1.807, 2.05) is 0 Å². The van der Waals surface area contributed by atoms with Gasteiger partial charge in [0, 0.05) is 19.4 Å². The molecule has 3 heteroatoms. The molecule has 0 saturated heterocycles. The van der Waals surface area contributed by atoms with E-state index in [4.69, 9.17) is 6.42 Å². The van der Waals surface area contributed by atoms with Gasteiger partial charge in [-0.2, -0.15) is 0 Å². The number of rotatable bonds is 6. The second-order valence-electron chi connectivity index (χ2n) is 2.38. The van der Waals surface area contributed by atoms with Crippen molar-refractivity contribution in [3.05, 3.63) is 0 Å². The first-order chi connectivity index (χ1) is 5.81. The quantitative estimate of drug-likeness (QED) is 0.358. The second kappa shape index (κ2) is 8.09. The van der Waals surface area contributed by atoms with E-state index in [1.165, 1.54) is 7.11 Å². The van der Waals surface area contributed by atoms with E-state index in [0.29, 0.717) is 6.42 Å². The Morgan fingerprint density at radius 3 is 2.92 bits per heavy atom. The Bertz CT molecular complexity index is 160. The first kappa shape index (κ1) is 11.0. The topological polar surface area (TPSA) is 38.3 Å². The average Bonchev–Trinajstić information content (AvgIpc) is 2.10. The predicted molar refractivity (Wildman–Crippen MR) is 47.6 cm³/mol. The number of carbonyl (C=O) groups excluding carboxylic acids is 1. The van der Waals surface area contributed by atoms with E-state index in [0.717, 1.165) is 25.9 Å². The van der Waals surface area contributed by atoms with Crippen molar-refractivity contribution in [2.45, 2.75) is 19.3 Å². The highest BCUT2D eigenvalue weighted by atomic mass is 16.5. The van der Waals surface area contributed by atoms with Gasteiger partial charge in [0.25, 0.3) is 0 Å². The molecule has 0 unspecified atom stereocenters. The van der Waals surface area contributed by atoms with Gasteiger partial charge < -0.3 is 10.1 Å². The first-order valence-corrected chi connectivity index (χ1v) is 4.02. The molecule has 0 heterocycles. The van der Waals surface area contributed by atoms with Crippen LogP contribution in [0.3, 0.4) is 0 Å². The van der Waals surface area contributed by atoms with Gasteiger partial charge in [0.2, 0.25) is 0 Å². The third-order valence-corrected chi connectivity index (χ3v) is 1.41. The summed E-state index contributed by atoms with van der Waals surface area (Å²) in [6.45, 7) is 1.63. The van der Waals surface area contributed by atoms with Crippen LogP contribution >= 0.6 is 0 Å². The lowest BCUT2D eigenvalue weighted by atomic mass is 10.3. The summed E-state index contributed by atoms with van der Waals surface area (Å²) in [5, 5.41) is 3.12. The molecule has 12 heavy (non-hydrogen) atoms. The SMILES string of the molecule is C#CCCNCCCC(=O)OC. The van der Waals surface area contributed by atoms with Crippen LogP contribution in [-0.4, -0.2) is 26.2 Å². The molecule has 0 aromatic rings. The lowest BCUT2D eigenvalue weighted by Gasteiger charge is -2.00. The van der Waals surface area contributed by atoms with Crippen LogP contribution in [0.4, 0.5) is 0 Å². The van der Waals surface area contributed by atoms with Gasteiger partial charge in [-0.3, -0.25) is 4.79 Å². The van der Waals surface area contributed by atoms with E-state index in [-0.39, 0.29) is 5.97 Å². The Hall–Kier alpha value is -1.01. The molecule has 1 N–H and O–H groups in total. The minimum atomic E-state index is -0.159. The number of esters is 1. The first-order valence-electron chi connectivity index (χ1n) is 4.02. The Kier molecular flexibility index (Phi) is 7.41. The zero-order chi connectivity index (χ0) is 9.23. The average molecular weight is 169 g/mol. The Morgan fingerprint density at radius 2 is 2.33 bits per heavy atom. The number of terminal acetylenes is 1. The van der Waals surface area contributed by atoms with Crippen molar-refractivity contribution < 1.29 is 9.53 Å². The Balaban J connectivity index is 3.01. The normalized spacial score (nSPS) is 9.00. The van der Waals surface area contributed by atoms with E-state index in [9.17, 15) is 4.79 Å². The standard InChI is InChI=1S/C9H15NO2/c1-3-4-7-10-8-5-6-9(11)12-2/h1,10H,4-8H2,2H3. The van der Waals surface area contributed by atoms with Gasteiger partial charge in [0.1, 0.15) is 0 Å². The zero-order valence-electron chi connectivity index (χ0n) is 7.43. The highest BCUT2D eigenvalue weighted by molar-refractivity contribution is 5.68. The molecule has 0 aliphatic heterocycles. The molecule has 0 aromatic carbocycles. The minimum Gasteiger partial charge on any atom is -0.469 e. The molecule has 0 amide bonds. The smallest absolute Gasteiger partial charge is 0.305 e. The molecule has 0 spiro atoms. The minimum absolute atomic E-state index is 0.159. The number of nitrogens with one attached hydrogen (secondary N) is 1. The van der Waals surface area contributed by atoms with Gasteiger partial charge in [0.05, 0.1) is 7.11 Å². The van der Waals surface area contributed by atoms with Crippen LogP contribution in [0.2, 0.25) is 0 Å². The summed E-state index contributed by atoms with van der Waals surface area (Å²) < 4.78 is 4.48. The van der Waals surface area contributed by atoms with Crippen LogP contribution < -0.4 is 5.32 Å². The van der Waals surface area contributed by atoms with Gasteiger partial charge >= 0.3 is 5.97 Å². The number of hydrogen-bond donors (Lipinski definition) is 1. The third kappa shape index (κ3) is 7.10. The molecule has 0 aromatic heterocycles. The molecule has 0 aliphatic carbocycles. The molecule has 0 fully saturated rings.